The van der Waals surface area contributed by atoms with Gasteiger partial charge in [-0.3, -0.25) is 24.0 Å². The number of fused-ring (bicyclic) bond motifs is 1. The molecule has 2 aromatic heterocycles. The molecule has 1 aliphatic rings. The number of nitrogens with zero attached hydrogens (tertiary/aromatic N) is 4. The lowest BCUT2D eigenvalue weighted by Crippen LogP contribution is -2.48. The van der Waals surface area contributed by atoms with Crippen molar-refractivity contribution in [1.29, 1.82) is 0 Å². The van der Waals surface area contributed by atoms with Crippen LogP contribution in [0.1, 0.15) is 12.6 Å². The van der Waals surface area contributed by atoms with Crippen LogP contribution in [-0.4, -0.2) is 38.8 Å². The lowest BCUT2D eigenvalue weighted by atomic mass is 10.2. The van der Waals surface area contributed by atoms with Crippen molar-refractivity contribution in [2.75, 3.05) is 22.5 Å². The van der Waals surface area contributed by atoms with Gasteiger partial charge in [-0.2, -0.15) is 0 Å². The molecule has 3 aromatic rings. The van der Waals surface area contributed by atoms with Crippen LogP contribution in [0.3, 0.4) is 0 Å². The molecular formula is C21H22N6O4. The average Bonchev–Trinajstić information content (AvgIpc) is 2.95. The fourth-order valence-electron chi connectivity index (χ4n) is 3.49. The number of carbonyl (C=O) groups excluding carboxylic acids is 2. The molecule has 0 spiro atoms. The molecule has 160 valence electrons. The van der Waals surface area contributed by atoms with Gasteiger partial charge in [0.15, 0.2) is 17.7 Å². The molecule has 4 rings (SSSR count). The third-order valence-electron chi connectivity index (χ3n) is 5.15. The highest BCUT2D eigenvalue weighted by Gasteiger charge is 2.34. The lowest BCUT2D eigenvalue weighted by Gasteiger charge is -2.31. The van der Waals surface area contributed by atoms with Gasteiger partial charge >= 0.3 is 0 Å². The number of aromatic nitrogens is 3. The molecule has 1 aromatic carbocycles. The van der Waals surface area contributed by atoms with E-state index in [0.29, 0.717) is 17.1 Å². The van der Waals surface area contributed by atoms with Crippen molar-refractivity contribution in [3.8, 4) is 11.4 Å². The van der Waals surface area contributed by atoms with Crippen molar-refractivity contribution in [3.63, 3.8) is 0 Å². The second-order valence-corrected chi connectivity index (χ2v) is 7.23. The van der Waals surface area contributed by atoms with E-state index in [1.54, 1.807) is 49.8 Å². The molecule has 1 unspecified atom stereocenters. The quantitative estimate of drug-likeness (QED) is 0.651. The summed E-state index contributed by atoms with van der Waals surface area (Å²) in [5.74, 6) is -0.239. The maximum absolute atomic E-state index is 13.0. The molecule has 10 nitrogen and oxygen atoms in total. The Hall–Kier alpha value is -4.08. The first-order chi connectivity index (χ1) is 14.8. The summed E-state index contributed by atoms with van der Waals surface area (Å²) in [5.41, 5.74) is 6.76. The smallest absolute Gasteiger partial charge is 0.295 e. The Labute approximate surface area is 177 Å². The van der Waals surface area contributed by atoms with Gasteiger partial charge in [-0.15, -0.1) is 0 Å². The van der Waals surface area contributed by atoms with Crippen molar-refractivity contribution < 1.29 is 14.3 Å². The topological polar surface area (TPSA) is 124 Å². The summed E-state index contributed by atoms with van der Waals surface area (Å²) in [6.07, 6.45) is -0.778. The van der Waals surface area contributed by atoms with Gasteiger partial charge in [0.25, 0.3) is 11.5 Å². The van der Waals surface area contributed by atoms with E-state index in [1.165, 1.54) is 9.58 Å². The van der Waals surface area contributed by atoms with E-state index in [-0.39, 0.29) is 29.4 Å². The first kappa shape index (κ1) is 20.2. The second kappa shape index (κ2) is 7.63. The van der Waals surface area contributed by atoms with Gasteiger partial charge < -0.3 is 15.8 Å². The zero-order valence-corrected chi connectivity index (χ0v) is 17.3. The number of carbonyl (C=O) groups is 2. The van der Waals surface area contributed by atoms with Gasteiger partial charge in [0.05, 0.1) is 11.4 Å². The van der Waals surface area contributed by atoms with Crippen molar-refractivity contribution in [3.05, 3.63) is 58.5 Å². The fraction of sp³-hybridized carbons (Fsp3) is 0.238. The van der Waals surface area contributed by atoms with Crippen LogP contribution in [-0.2, 0) is 16.6 Å². The standard InChI is InChI=1S/C21H22N6O4/c1-12-18(21(30)27(25(12)3)14-7-5-4-6-8-14)24-17(28)11-26-19-15(9-10-16(22)23-19)31-13(2)20(26)29/h4-10,13H,11H2,1-3H3,(H2,22,23)(H,24,28). The average molecular weight is 422 g/mol. The maximum atomic E-state index is 13.0. The summed E-state index contributed by atoms with van der Waals surface area (Å²) in [5, 5.41) is 2.65. The number of ether oxygens (including phenoxy) is 1. The summed E-state index contributed by atoms with van der Waals surface area (Å²) >= 11 is 0. The van der Waals surface area contributed by atoms with Crippen LogP contribution in [0.4, 0.5) is 17.3 Å². The van der Waals surface area contributed by atoms with Crippen molar-refractivity contribution in [1.82, 2.24) is 14.3 Å². The van der Waals surface area contributed by atoms with E-state index in [2.05, 4.69) is 10.3 Å². The van der Waals surface area contributed by atoms with Crippen LogP contribution < -0.4 is 26.2 Å². The molecule has 10 heteroatoms. The largest absolute Gasteiger partial charge is 0.477 e. The highest BCUT2D eigenvalue weighted by molar-refractivity contribution is 6.05. The Morgan fingerprint density at radius 2 is 1.90 bits per heavy atom. The Kier molecular flexibility index (Phi) is 4.97. The molecule has 0 bridgehead atoms. The van der Waals surface area contributed by atoms with Gasteiger partial charge in [0.2, 0.25) is 5.91 Å². The number of pyridine rings is 1. The summed E-state index contributed by atoms with van der Waals surface area (Å²) in [6, 6.07) is 12.3. The van der Waals surface area contributed by atoms with Crippen molar-refractivity contribution in [2.24, 2.45) is 7.05 Å². The predicted octanol–water partition coefficient (Wildman–Crippen LogP) is 1.21. The fourth-order valence-corrected chi connectivity index (χ4v) is 3.49. The molecule has 1 aliphatic heterocycles. The predicted molar refractivity (Wildman–Crippen MR) is 115 cm³/mol. The number of hydrogen-bond acceptors (Lipinski definition) is 6. The third-order valence-corrected chi connectivity index (χ3v) is 5.15. The summed E-state index contributed by atoms with van der Waals surface area (Å²) in [4.78, 5) is 43.8. The Bertz CT molecular complexity index is 1230. The van der Waals surface area contributed by atoms with E-state index in [0.717, 1.165) is 0 Å². The van der Waals surface area contributed by atoms with Crippen LogP contribution >= 0.6 is 0 Å². The third kappa shape index (κ3) is 3.52. The minimum Gasteiger partial charge on any atom is -0.477 e. The van der Waals surface area contributed by atoms with Gasteiger partial charge in [0.1, 0.15) is 18.1 Å². The molecule has 31 heavy (non-hydrogen) atoms. The number of amides is 2. The Morgan fingerprint density at radius 3 is 2.61 bits per heavy atom. The number of nitrogens with two attached hydrogens (primary N) is 1. The minimum atomic E-state index is -0.778. The van der Waals surface area contributed by atoms with E-state index in [4.69, 9.17) is 10.5 Å². The Balaban J connectivity index is 1.63. The van der Waals surface area contributed by atoms with Gasteiger partial charge in [-0.05, 0) is 38.1 Å². The van der Waals surface area contributed by atoms with E-state index < -0.39 is 17.9 Å². The lowest BCUT2D eigenvalue weighted by molar-refractivity contribution is -0.127. The molecule has 1 atom stereocenters. The first-order valence-electron chi connectivity index (χ1n) is 9.66. The number of nitrogens with one attached hydrogen (secondary N) is 1. The molecule has 0 saturated heterocycles. The zero-order valence-electron chi connectivity index (χ0n) is 17.3. The number of nitrogen functional groups attached to an aromatic ring is 1. The molecule has 3 N–H and O–H groups in total. The molecule has 3 heterocycles. The molecule has 2 amide bonds. The summed E-state index contributed by atoms with van der Waals surface area (Å²) in [6.45, 7) is 2.98. The summed E-state index contributed by atoms with van der Waals surface area (Å²) in [7, 11) is 1.73. The van der Waals surface area contributed by atoms with Crippen LogP contribution in [0.2, 0.25) is 0 Å². The summed E-state index contributed by atoms with van der Waals surface area (Å²) < 4.78 is 8.66. The number of hydrogen-bond donors (Lipinski definition) is 2. The first-order valence-corrected chi connectivity index (χ1v) is 9.66. The van der Waals surface area contributed by atoms with E-state index >= 15 is 0 Å². The normalized spacial score (nSPS) is 15.4. The SMILES string of the molecule is Cc1c(NC(=O)CN2C(=O)C(C)Oc3ccc(N)nc32)c(=O)n(-c2ccccc2)n1C. The van der Waals surface area contributed by atoms with Gasteiger partial charge in [-0.25, -0.2) is 9.67 Å². The highest BCUT2D eigenvalue weighted by atomic mass is 16.5. The molecular weight excluding hydrogens is 400 g/mol. The monoisotopic (exact) mass is 422 g/mol. The Morgan fingerprint density at radius 1 is 1.19 bits per heavy atom. The molecule has 0 aliphatic carbocycles. The van der Waals surface area contributed by atoms with Gasteiger partial charge in [0, 0.05) is 7.05 Å². The molecule has 0 saturated carbocycles. The van der Waals surface area contributed by atoms with Crippen molar-refractivity contribution >= 4 is 29.1 Å². The van der Waals surface area contributed by atoms with Crippen LogP contribution in [0.25, 0.3) is 5.69 Å². The number of benzene rings is 1. The van der Waals surface area contributed by atoms with Gasteiger partial charge in [-0.1, -0.05) is 18.2 Å². The van der Waals surface area contributed by atoms with E-state index in [9.17, 15) is 14.4 Å². The van der Waals surface area contributed by atoms with Crippen molar-refractivity contribution in [2.45, 2.75) is 20.0 Å². The second-order valence-electron chi connectivity index (χ2n) is 7.23. The minimum absolute atomic E-state index is 0.144. The zero-order chi connectivity index (χ0) is 22.3. The molecule has 0 radical (unpaired) electrons. The van der Waals surface area contributed by atoms with Crippen LogP contribution in [0.15, 0.2) is 47.3 Å². The number of rotatable bonds is 4. The van der Waals surface area contributed by atoms with E-state index in [1.807, 2.05) is 18.2 Å². The maximum Gasteiger partial charge on any atom is 0.295 e. The number of anilines is 3. The number of para-hydroxylation sites is 1. The van der Waals surface area contributed by atoms with Crippen LogP contribution in [0.5, 0.6) is 5.75 Å². The van der Waals surface area contributed by atoms with Crippen LogP contribution in [0, 0.1) is 6.92 Å². The molecule has 0 fully saturated rings. The highest BCUT2D eigenvalue weighted by Crippen LogP contribution is 2.32.